The van der Waals surface area contributed by atoms with Crippen LogP contribution >= 0.6 is 0 Å². The average Bonchev–Trinajstić information content (AvgIpc) is 2.70. The number of aryl methyl sites for hydroxylation is 2. The molecule has 3 aromatic rings. The summed E-state index contributed by atoms with van der Waals surface area (Å²) in [7, 11) is 0. The molecule has 0 bridgehead atoms. The number of carbonyl (C=O) groups excluding carboxylic acids is 1. The lowest BCUT2D eigenvalue weighted by atomic mass is 10.1. The van der Waals surface area contributed by atoms with E-state index in [-0.39, 0.29) is 5.91 Å². The van der Waals surface area contributed by atoms with E-state index in [0.717, 1.165) is 47.1 Å². The number of hydrogen-bond acceptors (Lipinski definition) is 5. The molecule has 0 atom stereocenters. The molecule has 0 aliphatic heterocycles. The predicted octanol–water partition coefficient (Wildman–Crippen LogP) is 4.86. The molecule has 1 aromatic heterocycles. The Hall–Kier alpha value is -3.41. The summed E-state index contributed by atoms with van der Waals surface area (Å²) in [5, 5.41) is 6.20. The summed E-state index contributed by atoms with van der Waals surface area (Å²) >= 11 is 0. The highest BCUT2D eigenvalue weighted by molar-refractivity contribution is 5.92. The van der Waals surface area contributed by atoms with Crippen LogP contribution in [0.3, 0.4) is 0 Å². The molecule has 1 heterocycles. The molecule has 0 radical (unpaired) electrons. The molecule has 1 amide bonds. The fraction of sp³-hybridized carbons (Fsp3) is 0.292. The molecule has 0 saturated carbocycles. The first kappa shape index (κ1) is 21.3. The fourth-order valence-electron chi connectivity index (χ4n) is 3.30. The van der Waals surface area contributed by atoms with Crippen LogP contribution in [-0.2, 0) is 11.2 Å². The third-order valence-electron chi connectivity index (χ3n) is 4.80. The van der Waals surface area contributed by atoms with E-state index in [0.29, 0.717) is 12.4 Å². The van der Waals surface area contributed by atoms with E-state index in [9.17, 15) is 4.79 Å². The molecule has 6 nitrogen and oxygen atoms in total. The third-order valence-corrected chi connectivity index (χ3v) is 4.80. The van der Waals surface area contributed by atoms with E-state index >= 15 is 0 Å². The van der Waals surface area contributed by atoms with E-state index in [4.69, 9.17) is 0 Å². The molecule has 30 heavy (non-hydrogen) atoms. The van der Waals surface area contributed by atoms with Gasteiger partial charge in [0.15, 0.2) is 0 Å². The number of amides is 1. The molecular weight excluding hydrogens is 374 g/mol. The maximum atomic E-state index is 12.3. The number of carbonyl (C=O) groups is 1. The average molecular weight is 404 g/mol. The van der Waals surface area contributed by atoms with Gasteiger partial charge in [-0.3, -0.25) is 4.79 Å². The lowest BCUT2D eigenvalue weighted by Crippen LogP contribution is -2.23. The minimum Gasteiger partial charge on any atom is -0.357 e. The summed E-state index contributed by atoms with van der Waals surface area (Å²) in [5.74, 6) is 1.44. The molecular formula is C24H29N5O. The Morgan fingerprint density at radius 3 is 2.30 bits per heavy atom. The zero-order chi connectivity index (χ0) is 21.5. The Bertz CT molecular complexity index is 997. The molecule has 0 aliphatic carbocycles. The number of hydrogen-bond donors (Lipinski definition) is 2. The molecule has 3 rings (SSSR count). The smallest absolute Gasteiger partial charge is 0.229 e. The summed E-state index contributed by atoms with van der Waals surface area (Å²) in [6.45, 7) is 10.00. The van der Waals surface area contributed by atoms with Crippen LogP contribution < -0.4 is 15.5 Å². The minimum atomic E-state index is -0.0350. The first-order valence-electron chi connectivity index (χ1n) is 10.3. The van der Waals surface area contributed by atoms with Crippen molar-refractivity contribution >= 4 is 29.0 Å². The van der Waals surface area contributed by atoms with Crippen LogP contribution in [0.25, 0.3) is 0 Å². The summed E-state index contributed by atoms with van der Waals surface area (Å²) in [5.41, 5.74) is 4.69. The maximum Gasteiger partial charge on any atom is 0.229 e. The molecule has 156 valence electrons. The van der Waals surface area contributed by atoms with Gasteiger partial charge in [0.05, 0.1) is 6.42 Å². The van der Waals surface area contributed by atoms with Gasteiger partial charge in [0.1, 0.15) is 5.82 Å². The monoisotopic (exact) mass is 403 g/mol. The molecule has 0 fully saturated rings. The molecule has 0 saturated heterocycles. The van der Waals surface area contributed by atoms with E-state index in [1.165, 1.54) is 0 Å². The lowest BCUT2D eigenvalue weighted by Gasteiger charge is -2.20. The Balaban J connectivity index is 1.64. The van der Waals surface area contributed by atoms with E-state index in [1.807, 2.05) is 68.4 Å². The minimum absolute atomic E-state index is 0.0350. The van der Waals surface area contributed by atoms with Gasteiger partial charge in [-0.1, -0.05) is 29.8 Å². The van der Waals surface area contributed by atoms with Crippen molar-refractivity contribution < 1.29 is 4.79 Å². The van der Waals surface area contributed by atoms with Crippen molar-refractivity contribution in [3.05, 3.63) is 71.4 Å². The van der Waals surface area contributed by atoms with Crippen molar-refractivity contribution in [3.63, 3.8) is 0 Å². The van der Waals surface area contributed by atoms with Crippen molar-refractivity contribution in [3.8, 4) is 0 Å². The summed E-state index contributed by atoms with van der Waals surface area (Å²) in [6.07, 6.45) is 0.354. The van der Waals surface area contributed by atoms with Gasteiger partial charge in [0.2, 0.25) is 11.9 Å². The molecule has 0 aliphatic rings. The highest BCUT2D eigenvalue weighted by Crippen LogP contribution is 2.20. The van der Waals surface area contributed by atoms with Crippen molar-refractivity contribution in [2.75, 3.05) is 28.6 Å². The normalized spacial score (nSPS) is 10.5. The largest absolute Gasteiger partial charge is 0.357 e. The van der Waals surface area contributed by atoms with Crippen molar-refractivity contribution in [1.82, 2.24) is 9.97 Å². The van der Waals surface area contributed by atoms with Crippen molar-refractivity contribution in [2.24, 2.45) is 0 Å². The van der Waals surface area contributed by atoms with E-state index < -0.39 is 0 Å². The highest BCUT2D eigenvalue weighted by Gasteiger charge is 2.09. The molecule has 2 aromatic carbocycles. The number of nitrogens with zero attached hydrogens (tertiary/aromatic N) is 3. The van der Waals surface area contributed by atoms with Gasteiger partial charge >= 0.3 is 0 Å². The summed E-state index contributed by atoms with van der Waals surface area (Å²) in [4.78, 5) is 23.6. The van der Waals surface area contributed by atoms with Gasteiger partial charge in [0.25, 0.3) is 0 Å². The van der Waals surface area contributed by atoms with Crippen molar-refractivity contribution in [1.29, 1.82) is 0 Å². The summed E-state index contributed by atoms with van der Waals surface area (Å²) < 4.78 is 0. The van der Waals surface area contributed by atoms with Crippen LogP contribution in [-0.4, -0.2) is 29.0 Å². The standard InChI is InChI=1S/C24H29N5O/c1-5-29(6-2)22-15-18(4)25-24(28-22)27-21-12-10-20(11-13-21)26-23(30)16-19-9-7-8-17(3)14-19/h7-15H,5-6,16H2,1-4H3,(H,26,30)(H,25,27,28). The fourth-order valence-corrected chi connectivity index (χ4v) is 3.30. The van der Waals surface area contributed by atoms with Crippen LogP contribution in [0.1, 0.15) is 30.7 Å². The number of benzene rings is 2. The van der Waals surface area contributed by atoms with E-state index in [2.05, 4.69) is 39.3 Å². The second-order valence-corrected chi connectivity index (χ2v) is 7.28. The number of rotatable bonds is 8. The van der Waals surface area contributed by atoms with Gasteiger partial charge in [-0.05, 0) is 57.5 Å². The van der Waals surface area contributed by atoms with Gasteiger partial charge in [-0.25, -0.2) is 4.98 Å². The van der Waals surface area contributed by atoms with Gasteiger partial charge in [0, 0.05) is 36.2 Å². The Morgan fingerprint density at radius 2 is 1.63 bits per heavy atom. The Labute approximate surface area is 178 Å². The number of aromatic nitrogens is 2. The predicted molar refractivity (Wildman–Crippen MR) is 124 cm³/mol. The quantitative estimate of drug-likeness (QED) is 0.562. The van der Waals surface area contributed by atoms with Crippen LogP contribution in [0, 0.1) is 13.8 Å². The van der Waals surface area contributed by atoms with Crippen LogP contribution in [0.4, 0.5) is 23.1 Å². The van der Waals surface area contributed by atoms with Gasteiger partial charge in [-0.15, -0.1) is 0 Å². The first-order chi connectivity index (χ1) is 14.5. The molecule has 0 unspecified atom stereocenters. The lowest BCUT2D eigenvalue weighted by molar-refractivity contribution is -0.115. The zero-order valence-electron chi connectivity index (χ0n) is 18.1. The molecule has 6 heteroatoms. The topological polar surface area (TPSA) is 70.2 Å². The van der Waals surface area contributed by atoms with E-state index in [1.54, 1.807) is 0 Å². The van der Waals surface area contributed by atoms with Crippen molar-refractivity contribution in [2.45, 2.75) is 34.1 Å². The molecule has 2 N–H and O–H groups in total. The number of nitrogens with one attached hydrogen (secondary N) is 2. The second-order valence-electron chi connectivity index (χ2n) is 7.28. The first-order valence-corrected chi connectivity index (χ1v) is 10.3. The second kappa shape index (κ2) is 9.87. The maximum absolute atomic E-state index is 12.3. The Morgan fingerprint density at radius 1 is 0.933 bits per heavy atom. The van der Waals surface area contributed by atoms with Crippen LogP contribution in [0.15, 0.2) is 54.6 Å². The third kappa shape index (κ3) is 5.80. The number of anilines is 4. The molecule has 0 spiro atoms. The summed E-state index contributed by atoms with van der Waals surface area (Å²) in [6, 6.07) is 17.5. The zero-order valence-corrected chi connectivity index (χ0v) is 18.1. The van der Waals surface area contributed by atoms with Crippen LogP contribution in [0.5, 0.6) is 0 Å². The highest BCUT2D eigenvalue weighted by atomic mass is 16.1. The van der Waals surface area contributed by atoms with Crippen LogP contribution in [0.2, 0.25) is 0 Å². The Kier molecular flexibility index (Phi) is 7.01. The SMILES string of the molecule is CCN(CC)c1cc(C)nc(Nc2ccc(NC(=O)Cc3cccc(C)c3)cc2)n1. The van der Waals surface area contributed by atoms with Gasteiger partial charge < -0.3 is 15.5 Å². The van der Waals surface area contributed by atoms with Gasteiger partial charge in [-0.2, -0.15) is 4.98 Å².